The Morgan fingerprint density at radius 1 is 1.50 bits per heavy atom. The molecule has 5 heteroatoms. The van der Waals surface area contributed by atoms with Crippen LogP contribution in [0.4, 0.5) is 0 Å². The van der Waals surface area contributed by atoms with E-state index in [1.54, 1.807) is 6.92 Å². The van der Waals surface area contributed by atoms with Crippen molar-refractivity contribution in [2.75, 3.05) is 18.8 Å². The zero-order valence-electron chi connectivity index (χ0n) is 6.13. The summed E-state index contributed by atoms with van der Waals surface area (Å²) in [4.78, 5) is 0. The Bertz CT molecular complexity index is 164. The van der Waals surface area contributed by atoms with Gasteiger partial charge < -0.3 is 5.73 Å². The molecule has 0 fully saturated rings. The van der Waals surface area contributed by atoms with Crippen molar-refractivity contribution in [3.8, 4) is 0 Å². The molecule has 4 nitrogen and oxygen atoms in total. The SMILES string of the molecule is CCS(=O)(=O)NCCCN. The molecule has 10 heavy (non-hydrogen) atoms. The molecule has 0 saturated heterocycles. The molecule has 0 saturated carbocycles. The molecule has 0 aliphatic carbocycles. The van der Waals surface area contributed by atoms with Gasteiger partial charge in [0.25, 0.3) is 0 Å². The summed E-state index contributed by atoms with van der Waals surface area (Å²) < 4.78 is 23.8. The maximum atomic E-state index is 10.7. The van der Waals surface area contributed by atoms with Gasteiger partial charge in [0, 0.05) is 6.54 Å². The van der Waals surface area contributed by atoms with E-state index in [-0.39, 0.29) is 5.75 Å². The fourth-order valence-electron chi connectivity index (χ4n) is 0.432. The predicted molar refractivity (Wildman–Crippen MR) is 41.1 cm³/mol. The molecule has 0 rings (SSSR count). The van der Waals surface area contributed by atoms with Crippen LogP contribution in [0, 0.1) is 0 Å². The Balaban J connectivity index is 3.49. The summed E-state index contributed by atoms with van der Waals surface area (Å²) in [7, 11) is -3.00. The van der Waals surface area contributed by atoms with E-state index in [1.165, 1.54) is 0 Å². The van der Waals surface area contributed by atoms with Gasteiger partial charge in [0.15, 0.2) is 0 Å². The highest BCUT2D eigenvalue weighted by atomic mass is 32.2. The van der Waals surface area contributed by atoms with Crippen LogP contribution in [0.15, 0.2) is 0 Å². The van der Waals surface area contributed by atoms with Gasteiger partial charge in [-0.15, -0.1) is 0 Å². The highest BCUT2D eigenvalue weighted by Gasteiger charge is 2.02. The molecule has 0 heterocycles. The van der Waals surface area contributed by atoms with Gasteiger partial charge in [-0.2, -0.15) is 0 Å². The first-order valence-electron chi connectivity index (χ1n) is 3.30. The Morgan fingerprint density at radius 2 is 2.10 bits per heavy atom. The standard InChI is InChI=1S/C5H14N2O2S/c1-2-10(8,9)7-5-3-4-6/h7H,2-6H2,1H3. The minimum atomic E-state index is -3.00. The first kappa shape index (κ1) is 9.87. The lowest BCUT2D eigenvalue weighted by molar-refractivity contribution is 0.581. The van der Waals surface area contributed by atoms with Crippen LogP contribution in [0.25, 0.3) is 0 Å². The summed E-state index contributed by atoms with van der Waals surface area (Å²) in [6.45, 7) is 2.57. The van der Waals surface area contributed by atoms with Gasteiger partial charge >= 0.3 is 0 Å². The van der Waals surface area contributed by atoms with Gasteiger partial charge in [-0.3, -0.25) is 0 Å². The first-order valence-corrected chi connectivity index (χ1v) is 4.95. The van der Waals surface area contributed by atoms with Crippen molar-refractivity contribution >= 4 is 10.0 Å². The summed E-state index contributed by atoms with van der Waals surface area (Å²) >= 11 is 0. The average Bonchev–Trinajstić information content (AvgIpc) is 1.89. The van der Waals surface area contributed by atoms with Crippen molar-refractivity contribution in [2.24, 2.45) is 5.73 Å². The number of hydrogen-bond acceptors (Lipinski definition) is 3. The van der Waals surface area contributed by atoms with Crippen molar-refractivity contribution < 1.29 is 8.42 Å². The molecule has 0 aliphatic rings. The van der Waals surface area contributed by atoms with Crippen molar-refractivity contribution in [3.05, 3.63) is 0 Å². The molecular weight excluding hydrogens is 152 g/mol. The maximum absolute atomic E-state index is 10.7. The third kappa shape index (κ3) is 4.72. The fourth-order valence-corrected chi connectivity index (χ4v) is 1.09. The second kappa shape index (κ2) is 4.65. The summed E-state index contributed by atoms with van der Waals surface area (Å²) in [6, 6.07) is 0. The Morgan fingerprint density at radius 3 is 2.50 bits per heavy atom. The zero-order valence-corrected chi connectivity index (χ0v) is 6.95. The molecule has 0 unspecified atom stereocenters. The van der Waals surface area contributed by atoms with Crippen LogP contribution in [0.5, 0.6) is 0 Å². The lowest BCUT2D eigenvalue weighted by atomic mass is 10.4. The number of hydrogen-bond donors (Lipinski definition) is 2. The van der Waals surface area contributed by atoms with E-state index in [0.717, 1.165) is 0 Å². The number of nitrogens with one attached hydrogen (secondary N) is 1. The number of rotatable bonds is 5. The molecule has 62 valence electrons. The smallest absolute Gasteiger partial charge is 0.211 e. The number of sulfonamides is 1. The average molecular weight is 166 g/mol. The minimum absolute atomic E-state index is 0.136. The van der Waals surface area contributed by atoms with Gasteiger partial charge in [-0.1, -0.05) is 0 Å². The summed E-state index contributed by atoms with van der Waals surface area (Å²) in [5.74, 6) is 0.136. The van der Waals surface area contributed by atoms with Crippen LogP contribution in [0.1, 0.15) is 13.3 Å². The van der Waals surface area contributed by atoms with E-state index < -0.39 is 10.0 Å². The van der Waals surface area contributed by atoms with Crippen molar-refractivity contribution in [1.29, 1.82) is 0 Å². The highest BCUT2D eigenvalue weighted by molar-refractivity contribution is 7.89. The minimum Gasteiger partial charge on any atom is -0.330 e. The second-order valence-electron chi connectivity index (χ2n) is 1.94. The van der Waals surface area contributed by atoms with Gasteiger partial charge in [0.1, 0.15) is 0 Å². The molecule has 0 aliphatic heterocycles. The van der Waals surface area contributed by atoms with E-state index in [0.29, 0.717) is 19.5 Å². The summed E-state index contributed by atoms with van der Waals surface area (Å²) in [6.07, 6.45) is 0.694. The van der Waals surface area contributed by atoms with E-state index in [9.17, 15) is 8.42 Å². The lowest BCUT2D eigenvalue weighted by Gasteiger charge is -2.01. The highest BCUT2D eigenvalue weighted by Crippen LogP contribution is 1.81. The largest absolute Gasteiger partial charge is 0.330 e. The lowest BCUT2D eigenvalue weighted by Crippen LogP contribution is -2.27. The molecule has 0 aromatic heterocycles. The molecule has 0 bridgehead atoms. The maximum Gasteiger partial charge on any atom is 0.211 e. The summed E-state index contributed by atoms with van der Waals surface area (Å²) in [5.41, 5.74) is 5.16. The van der Waals surface area contributed by atoms with E-state index in [1.807, 2.05) is 0 Å². The van der Waals surface area contributed by atoms with Crippen molar-refractivity contribution in [3.63, 3.8) is 0 Å². The Labute approximate surface area is 61.8 Å². The van der Waals surface area contributed by atoms with Crippen LogP contribution >= 0.6 is 0 Å². The summed E-state index contributed by atoms with van der Waals surface area (Å²) in [5, 5.41) is 0. The first-order chi connectivity index (χ1) is 4.62. The van der Waals surface area contributed by atoms with Gasteiger partial charge in [0.05, 0.1) is 5.75 Å². The monoisotopic (exact) mass is 166 g/mol. The van der Waals surface area contributed by atoms with Crippen LogP contribution < -0.4 is 10.5 Å². The third-order valence-corrected chi connectivity index (χ3v) is 2.49. The molecule has 0 radical (unpaired) electrons. The van der Waals surface area contributed by atoms with Crippen LogP contribution in [-0.4, -0.2) is 27.3 Å². The Hall–Kier alpha value is -0.130. The van der Waals surface area contributed by atoms with Crippen LogP contribution in [0.2, 0.25) is 0 Å². The zero-order chi connectivity index (χ0) is 8.04. The second-order valence-corrected chi connectivity index (χ2v) is 4.04. The van der Waals surface area contributed by atoms with Crippen molar-refractivity contribution in [1.82, 2.24) is 4.72 Å². The topological polar surface area (TPSA) is 72.2 Å². The quantitative estimate of drug-likeness (QED) is 0.529. The molecular formula is C5H14N2O2S. The number of nitrogens with two attached hydrogens (primary N) is 1. The third-order valence-electron chi connectivity index (χ3n) is 1.08. The molecule has 0 aromatic rings. The van der Waals surface area contributed by atoms with Gasteiger partial charge in [0.2, 0.25) is 10.0 Å². The predicted octanol–water partition coefficient (Wildman–Crippen LogP) is -0.725. The van der Waals surface area contributed by atoms with E-state index in [4.69, 9.17) is 5.73 Å². The molecule has 0 atom stereocenters. The van der Waals surface area contributed by atoms with Gasteiger partial charge in [-0.05, 0) is 19.9 Å². The van der Waals surface area contributed by atoms with Crippen LogP contribution in [0.3, 0.4) is 0 Å². The fraction of sp³-hybridized carbons (Fsp3) is 1.00. The Kier molecular flexibility index (Phi) is 4.59. The van der Waals surface area contributed by atoms with E-state index in [2.05, 4.69) is 4.72 Å². The van der Waals surface area contributed by atoms with Crippen LogP contribution in [-0.2, 0) is 10.0 Å². The molecule has 3 N–H and O–H groups in total. The molecule has 0 spiro atoms. The molecule has 0 amide bonds. The van der Waals surface area contributed by atoms with E-state index >= 15 is 0 Å². The van der Waals surface area contributed by atoms with Gasteiger partial charge in [-0.25, -0.2) is 13.1 Å². The normalized spacial score (nSPS) is 11.8. The molecule has 0 aromatic carbocycles. The van der Waals surface area contributed by atoms with Crippen molar-refractivity contribution in [2.45, 2.75) is 13.3 Å².